The molecule has 0 saturated carbocycles. The van der Waals surface area contributed by atoms with E-state index in [1.165, 1.54) is 12.1 Å². The maximum atomic E-state index is 12.9. The van der Waals surface area contributed by atoms with E-state index in [4.69, 9.17) is 0 Å². The molecule has 3 nitrogen and oxygen atoms in total. The van der Waals surface area contributed by atoms with Gasteiger partial charge in [-0.3, -0.25) is 4.90 Å². The lowest BCUT2D eigenvalue weighted by Crippen LogP contribution is -2.53. The summed E-state index contributed by atoms with van der Waals surface area (Å²) in [6, 6.07) is 7.32. The lowest BCUT2D eigenvalue weighted by molar-refractivity contribution is 0.0875. The number of likely N-dealkylation sites (N-methyl/N-ethyl adjacent to an activating group) is 1. The quantitative estimate of drug-likeness (QED) is 0.867. The van der Waals surface area contributed by atoms with Crippen molar-refractivity contribution in [3.63, 3.8) is 0 Å². The molecule has 0 amide bonds. The number of halogens is 1. The van der Waals surface area contributed by atoms with Gasteiger partial charge in [-0.25, -0.2) is 4.39 Å². The number of nitrogens with one attached hydrogen (secondary N) is 1. The third kappa shape index (κ3) is 5.06. The Morgan fingerprint density at radius 3 is 2.29 bits per heavy atom. The summed E-state index contributed by atoms with van der Waals surface area (Å²) >= 11 is 0. The van der Waals surface area contributed by atoms with Crippen LogP contribution >= 0.6 is 0 Å². The molecular weight excluding hydrogens is 265 g/mol. The SMILES string of the molecule is CC(C)C(CNCc1ccc(F)cc1)N1CCN(C)CC1. The highest BCUT2D eigenvalue weighted by Gasteiger charge is 2.24. The lowest BCUT2D eigenvalue weighted by Gasteiger charge is -2.40. The summed E-state index contributed by atoms with van der Waals surface area (Å²) in [6.07, 6.45) is 0. The molecule has 2 rings (SSSR count). The van der Waals surface area contributed by atoms with Crippen LogP contribution < -0.4 is 5.32 Å². The molecule has 0 aliphatic carbocycles. The van der Waals surface area contributed by atoms with Crippen LogP contribution in [0, 0.1) is 11.7 Å². The third-order valence-corrected chi connectivity index (χ3v) is 4.37. The van der Waals surface area contributed by atoms with E-state index in [0.717, 1.165) is 44.8 Å². The highest BCUT2D eigenvalue weighted by Crippen LogP contribution is 2.13. The minimum Gasteiger partial charge on any atom is -0.311 e. The topological polar surface area (TPSA) is 18.5 Å². The molecule has 1 aromatic rings. The second-order valence-electron chi connectivity index (χ2n) is 6.41. The van der Waals surface area contributed by atoms with E-state index < -0.39 is 0 Å². The first-order valence-electron chi connectivity index (χ1n) is 7.94. The molecule has 0 aromatic heterocycles. The van der Waals surface area contributed by atoms with E-state index in [9.17, 15) is 4.39 Å². The van der Waals surface area contributed by atoms with E-state index in [2.05, 4.69) is 36.0 Å². The summed E-state index contributed by atoms with van der Waals surface area (Å²) < 4.78 is 12.9. The number of nitrogens with zero attached hydrogens (tertiary/aromatic N) is 2. The van der Waals surface area contributed by atoms with Crippen LogP contribution in [0.2, 0.25) is 0 Å². The smallest absolute Gasteiger partial charge is 0.123 e. The van der Waals surface area contributed by atoms with Crippen molar-refractivity contribution < 1.29 is 4.39 Å². The van der Waals surface area contributed by atoms with Gasteiger partial charge in [-0.15, -0.1) is 0 Å². The lowest BCUT2D eigenvalue weighted by atomic mass is 10.0. The molecular formula is C17H28FN3. The van der Waals surface area contributed by atoms with Crippen molar-refractivity contribution in [3.05, 3.63) is 35.6 Å². The van der Waals surface area contributed by atoms with Crippen LogP contribution in [0.25, 0.3) is 0 Å². The van der Waals surface area contributed by atoms with Gasteiger partial charge in [0.15, 0.2) is 0 Å². The number of hydrogen-bond acceptors (Lipinski definition) is 3. The van der Waals surface area contributed by atoms with Crippen molar-refractivity contribution >= 4 is 0 Å². The monoisotopic (exact) mass is 293 g/mol. The second kappa shape index (κ2) is 7.87. The molecule has 1 aliphatic rings. The number of benzene rings is 1. The normalized spacial score (nSPS) is 19.1. The maximum absolute atomic E-state index is 12.9. The number of hydrogen-bond donors (Lipinski definition) is 1. The molecule has 118 valence electrons. The van der Waals surface area contributed by atoms with Crippen LogP contribution in [-0.2, 0) is 6.54 Å². The molecule has 1 atom stereocenters. The fraction of sp³-hybridized carbons (Fsp3) is 0.647. The van der Waals surface area contributed by atoms with E-state index in [-0.39, 0.29) is 5.82 Å². The zero-order valence-electron chi connectivity index (χ0n) is 13.5. The first kappa shape index (κ1) is 16.4. The average Bonchev–Trinajstić information content (AvgIpc) is 2.46. The van der Waals surface area contributed by atoms with E-state index in [1.54, 1.807) is 0 Å². The van der Waals surface area contributed by atoms with Crippen LogP contribution in [-0.4, -0.2) is 55.6 Å². The summed E-state index contributed by atoms with van der Waals surface area (Å²) in [6.45, 7) is 11.0. The standard InChI is InChI=1S/C17H28FN3/c1-14(2)17(21-10-8-20(3)9-11-21)13-19-12-15-4-6-16(18)7-5-15/h4-7,14,17,19H,8-13H2,1-3H3. The Labute approximate surface area is 128 Å². The summed E-state index contributed by atoms with van der Waals surface area (Å²) in [5.41, 5.74) is 1.14. The van der Waals surface area contributed by atoms with Crippen molar-refractivity contribution in [1.29, 1.82) is 0 Å². The summed E-state index contributed by atoms with van der Waals surface area (Å²) in [4.78, 5) is 4.99. The van der Waals surface area contributed by atoms with Crippen molar-refractivity contribution in [2.75, 3.05) is 39.8 Å². The zero-order valence-corrected chi connectivity index (χ0v) is 13.5. The Balaban J connectivity index is 1.81. The van der Waals surface area contributed by atoms with E-state index >= 15 is 0 Å². The van der Waals surface area contributed by atoms with Gasteiger partial charge in [0.2, 0.25) is 0 Å². The molecule has 1 aromatic carbocycles. The van der Waals surface area contributed by atoms with Crippen molar-refractivity contribution in [2.24, 2.45) is 5.92 Å². The van der Waals surface area contributed by atoms with Crippen LogP contribution in [0.15, 0.2) is 24.3 Å². The fourth-order valence-electron chi connectivity index (χ4n) is 2.91. The van der Waals surface area contributed by atoms with Crippen LogP contribution in [0.5, 0.6) is 0 Å². The van der Waals surface area contributed by atoms with Crippen LogP contribution in [0.1, 0.15) is 19.4 Å². The van der Waals surface area contributed by atoms with Gasteiger partial charge in [-0.05, 0) is 30.7 Å². The molecule has 0 bridgehead atoms. The number of rotatable bonds is 6. The Morgan fingerprint density at radius 1 is 1.10 bits per heavy atom. The molecule has 1 fully saturated rings. The second-order valence-corrected chi connectivity index (χ2v) is 6.41. The summed E-state index contributed by atoms with van der Waals surface area (Å²) in [7, 11) is 2.19. The van der Waals surface area contributed by atoms with Crippen molar-refractivity contribution in [1.82, 2.24) is 15.1 Å². The molecule has 21 heavy (non-hydrogen) atoms. The van der Waals surface area contributed by atoms with Gasteiger partial charge in [0.1, 0.15) is 5.82 Å². The van der Waals surface area contributed by atoms with Gasteiger partial charge in [0.05, 0.1) is 0 Å². The molecule has 0 radical (unpaired) electrons. The van der Waals surface area contributed by atoms with Crippen LogP contribution in [0.4, 0.5) is 4.39 Å². The molecule has 1 N–H and O–H groups in total. The highest BCUT2D eigenvalue weighted by molar-refractivity contribution is 5.15. The van der Waals surface area contributed by atoms with Gasteiger partial charge in [0, 0.05) is 45.3 Å². The summed E-state index contributed by atoms with van der Waals surface area (Å²) in [5, 5.41) is 3.53. The van der Waals surface area contributed by atoms with Crippen molar-refractivity contribution in [3.8, 4) is 0 Å². The first-order chi connectivity index (χ1) is 10.1. The molecule has 1 unspecified atom stereocenters. The Hall–Kier alpha value is -0.970. The summed E-state index contributed by atoms with van der Waals surface area (Å²) in [5.74, 6) is 0.463. The Kier molecular flexibility index (Phi) is 6.15. The highest BCUT2D eigenvalue weighted by atomic mass is 19.1. The Morgan fingerprint density at radius 2 is 1.71 bits per heavy atom. The molecule has 4 heteroatoms. The minimum absolute atomic E-state index is 0.170. The Bertz CT molecular complexity index is 411. The molecule has 0 spiro atoms. The first-order valence-corrected chi connectivity index (χ1v) is 7.94. The maximum Gasteiger partial charge on any atom is 0.123 e. The van der Waals surface area contributed by atoms with Gasteiger partial charge >= 0.3 is 0 Å². The molecule has 1 saturated heterocycles. The fourth-order valence-corrected chi connectivity index (χ4v) is 2.91. The predicted octanol–water partition coefficient (Wildman–Crippen LogP) is 2.19. The largest absolute Gasteiger partial charge is 0.311 e. The molecule has 1 heterocycles. The van der Waals surface area contributed by atoms with E-state index in [1.807, 2.05) is 12.1 Å². The third-order valence-electron chi connectivity index (χ3n) is 4.37. The minimum atomic E-state index is -0.170. The van der Waals surface area contributed by atoms with E-state index in [0.29, 0.717) is 12.0 Å². The van der Waals surface area contributed by atoms with Gasteiger partial charge in [-0.2, -0.15) is 0 Å². The van der Waals surface area contributed by atoms with Crippen molar-refractivity contribution in [2.45, 2.75) is 26.4 Å². The molecule has 1 aliphatic heterocycles. The van der Waals surface area contributed by atoms with Gasteiger partial charge in [-0.1, -0.05) is 26.0 Å². The number of piperazine rings is 1. The van der Waals surface area contributed by atoms with Crippen LogP contribution in [0.3, 0.4) is 0 Å². The van der Waals surface area contributed by atoms with Gasteiger partial charge < -0.3 is 10.2 Å². The van der Waals surface area contributed by atoms with Gasteiger partial charge in [0.25, 0.3) is 0 Å². The predicted molar refractivity (Wildman–Crippen MR) is 85.8 cm³/mol. The average molecular weight is 293 g/mol. The zero-order chi connectivity index (χ0) is 15.2.